The standard InChI is InChI=1S/C31H36N6O3/c38-30(23-37-33-26-11-3-4-12-27(26)34-37)35-19-15-25(16-20-35)36-18-7-1-2-8-21-39-28-13-5-6-14-29(28)40-31-24(22-36)10-9-17-32-31/h3-6,9-14,17,25H,1-2,7-8,15-16,18-23H2. The highest BCUT2D eigenvalue weighted by molar-refractivity contribution is 5.77. The van der Waals surface area contributed by atoms with Gasteiger partial charge in [-0.3, -0.25) is 9.69 Å². The Hall–Kier alpha value is -3.98. The molecule has 0 bridgehead atoms. The molecule has 6 rings (SSSR count). The first-order chi connectivity index (χ1) is 19.7. The number of carbonyl (C=O) groups is 1. The number of fused-ring (bicyclic) bond motifs is 3. The van der Waals surface area contributed by atoms with Gasteiger partial charge in [0.15, 0.2) is 11.5 Å². The van der Waals surface area contributed by atoms with E-state index in [0.29, 0.717) is 24.3 Å². The average Bonchev–Trinajstić information content (AvgIpc) is 3.40. The van der Waals surface area contributed by atoms with E-state index in [0.717, 1.165) is 80.6 Å². The molecule has 0 spiro atoms. The van der Waals surface area contributed by atoms with Gasteiger partial charge in [0.05, 0.1) is 6.61 Å². The molecule has 0 radical (unpaired) electrons. The van der Waals surface area contributed by atoms with Crippen LogP contribution < -0.4 is 9.47 Å². The lowest BCUT2D eigenvalue weighted by Gasteiger charge is -2.39. The summed E-state index contributed by atoms with van der Waals surface area (Å²) in [6.45, 7) is 4.09. The molecule has 0 atom stereocenters. The van der Waals surface area contributed by atoms with Crippen LogP contribution in [0.5, 0.6) is 17.4 Å². The van der Waals surface area contributed by atoms with Gasteiger partial charge >= 0.3 is 0 Å². The molecule has 2 aromatic heterocycles. The molecular weight excluding hydrogens is 504 g/mol. The first kappa shape index (κ1) is 26.3. The summed E-state index contributed by atoms with van der Waals surface area (Å²) >= 11 is 0. The number of carbonyl (C=O) groups excluding carboxylic acids is 1. The lowest BCUT2D eigenvalue weighted by Crippen LogP contribution is -2.47. The number of benzene rings is 2. The van der Waals surface area contributed by atoms with Crippen molar-refractivity contribution in [2.24, 2.45) is 0 Å². The van der Waals surface area contributed by atoms with Gasteiger partial charge in [0.25, 0.3) is 0 Å². The van der Waals surface area contributed by atoms with E-state index in [4.69, 9.17) is 9.47 Å². The van der Waals surface area contributed by atoms with Crippen LogP contribution in [-0.4, -0.2) is 68.0 Å². The molecule has 0 N–H and O–H groups in total. The zero-order chi connectivity index (χ0) is 27.1. The quantitative estimate of drug-likeness (QED) is 0.359. The smallest absolute Gasteiger partial charge is 0.246 e. The van der Waals surface area contributed by atoms with Crippen LogP contribution in [0.3, 0.4) is 0 Å². The van der Waals surface area contributed by atoms with Gasteiger partial charge in [-0.2, -0.15) is 15.0 Å². The third-order valence-corrected chi connectivity index (χ3v) is 7.81. The predicted octanol–water partition coefficient (Wildman–Crippen LogP) is 5.06. The molecule has 1 amide bonds. The molecule has 4 aromatic rings. The molecule has 2 aliphatic heterocycles. The summed E-state index contributed by atoms with van der Waals surface area (Å²) in [5, 5.41) is 8.92. The maximum atomic E-state index is 13.1. The largest absolute Gasteiger partial charge is 0.490 e. The van der Waals surface area contributed by atoms with Gasteiger partial charge in [-0.15, -0.1) is 0 Å². The van der Waals surface area contributed by atoms with E-state index in [1.54, 1.807) is 6.20 Å². The fraction of sp³-hybridized carbons (Fsp3) is 0.419. The van der Waals surface area contributed by atoms with E-state index in [1.807, 2.05) is 59.5 Å². The molecular formula is C31H36N6O3. The van der Waals surface area contributed by atoms with Gasteiger partial charge in [-0.1, -0.05) is 43.2 Å². The number of hydrogen-bond acceptors (Lipinski definition) is 7. The first-order valence-corrected chi connectivity index (χ1v) is 14.4. The number of nitrogens with zero attached hydrogens (tertiary/aromatic N) is 6. The van der Waals surface area contributed by atoms with Crippen LogP contribution in [0, 0.1) is 0 Å². The molecule has 4 heterocycles. The van der Waals surface area contributed by atoms with Crippen molar-refractivity contribution in [2.45, 2.75) is 57.7 Å². The number of ether oxygens (including phenoxy) is 2. The lowest BCUT2D eigenvalue weighted by atomic mass is 10.0. The van der Waals surface area contributed by atoms with Crippen molar-refractivity contribution in [1.29, 1.82) is 0 Å². The summed E-state index contributed by atoms with van der Waals surface area (Å²) in [6.07, 6.45) is 8.10. The van der Waals surface area contributed by atoms with Crippen LogP contribution in [0.1, 0.15) is 44.1 Å². The van der Waals surface area contributed by atoms with Crippen LogP contribution >= 0.6 is 0 Å². The summed E-state index contributed by atoms with van der Waals surface area (Å²) in [6, 6.07) is 20.0. The second kappa shape index (κ2) is 12.5. The molecule has 1 fully saturated rings. The molecule has 208 valence electrons. The van der Waals surface area contributed by atoms with Gasteiger partial charge < -0.3 is 14.4 Å². The van der Waals surface area contributed by atoms with Crippen molar-refractivity contribution >= 4 is 16.9 Å². The predicted molar refractivity (Wildman–Crippen MR) is 152 cm³/mol. The van der Waals surface area contributed by atoms with E-state index in [9.17, 15) is 4.79 Å². The van der Waals surface area contributed by atoms with E-state index >= 15 is 0 Å². The van der Waals surface area contributed by atoms with Crippen LogP contribution in [-0.2, 0) is 17.9 Å². The van der Waals surface area contributed by atoms with E-state index in [1.165, 1.54) is 11.2 Å². The molecule has 40 heavy (non-hydrogen) atoms. The van der Waals surface area contributed by atoms with Crippen LogP contribution in [0.15, 0.2) is 66.9 Å². The number of aromatic nitrogens is 4. The number of piperidine rings is 1. The Balaban J connectivity index is 1.13. The fourth-order valence-corrected chi connectivity index (χ4v) is 5.63. The molecule has 0 saturated carbocycles. The van der Waals surface area contributed by atoms with Gasteiger partial charge in [0.2, 0.25) is 11.8 Å². The highest BCUT2D eigenvalue weighted by atomic mass is 16.5. The molecule has 9 heteroatoms. The van der Waals surface area contributed by atoms with Crippen LogP contribution in [0.25, 0.3) is 11.0 Å². The number of rotatable bonds is 3. The van der Waals surface area contributed by atoms with Gasteiger partial charge in [0.1, 0.15) is 17.6 Å². The van der Waals surface area contributed by atoms with Crippen molar-refractivity contribution in [3.8, 4) is 17.4 Å². The van der Waals surface area contributed by atoms with Crippen molar-refractivity contribution in [3.05, 3.63) is 72.4 Å². The maximum absolute atomic E-state index is 13.1. The third kappa shape index (κ3) is 6.25. The Bertz CT molecular complexity index is 1400. The van der Waals surface area contributed by atoms with Crippen molar-refractivity contribution in [2.75, 3.05) is 26.2 Å². The molecule has 9 nitrogen and oxygen atoms in total. The van der Waals surface area contributed by atoms with E-state index in [-0.39, 0.29) is 12.5 Å². The topological polar surface area (TPSA) is 85.6 Å². The minimum Gasteiger partial charge on any atom is -0.490 e. The minimum atomic E-state index is 0.0728. The van der Waals surface area contributed by atoms with Crippen LogP contribution in [0.2, 0.25) is 0 Å². The number of pyridine rings is 1. The van der Waals surface area contributed by atoms with Crippen molar-refractivity contribution in [1.82, 2.24) is 29.8 Å². The van der Waals surface area contributed by atoms with Gasteiger partial charge in [-0.05, 0) is 62.6 Å². The summed E-state index contributed by atoms with van der Waals surface area (Å²) in [7, 11) is 0. The van der Waals surface area contributed by atoms with Crippen LogP contribution in [0.4, 0.5) is 0 Å². The van der Waals surface area contributed by atoms with Crippen molar-refractivity contribution < 1.29 is 14.3 Å². The number of likely N-dealkylation sites (tertiary alicyclic amines) is 1. The monoisotopic (exact) mass is 540 g/mol. The number of hydrogen-bond donors (Lipinski definition) is 0. The minimum absolute atomic E-state index is 0.0728. The second-order valence-electron chi connectivity index (χ2n) is 10.6. The third-order valence-electron chi connectivity index (χ3n) is 7.81. The number of para-hydroxylation sites is 2. The Morgan fingerprint density at radius 1 is 0.825 bits per heavy atom. The lowest BCUT2D eigenvalue weighted by molar-refractivity contribution is -0.133. The molecule has 0 aliphatic carbocycles. The zero-order valence-corrected chi connectivity index (χ0v) is 22.8. The Labute approximate surface area is 234 Å². The highest BCUT2D eigenvalue weighted by Crippen LogP contribution is 2.33. The Kier molecular flexibility index (Phi) is 8.18. The molecule has 1 saturated heterocycles. The molecule has 2 aliphatic rings. The Morgan fingerprint density at radius 2 is 1.55 bits per heavy atom. The second-order valence-corrected chi connectivity index (χ2v) is 10.6. The zero-order valence-electron chi connectivity index (χ0n) is 22.8. The summed E-state index contributed by atoms with van der Waals surface area (Å²) < 4.78 is 12.4. The summed E-state index contributed by atoms with van der Waals surface area (Å²) in [5.74, 6) is 2.14. The molecule has 2 aromatic carbocycles. The Morgan fingerprint density at radius 3 is 2.35 bits per heavy atom. The van der Waals surface area contributed by atoms with Gasteiger partial charge in [0, 0.05) is 37.4 Å². The summed E-state index contributed by atoms with van der Waals surface area (Å²) in [4.78, 5) is 23.7. The first-order valence-electron chi connectivity index (χ1n) is 14.4. The highest BCUT2D eigenvalue weighted by Gasteiger charge is 2.28. The summed E-state index contributed by atoms with van der Waals surface area (Å²) in [5.41, 5.74) is 2.68. The van der Waals surface area contributed by atoms with E-state index < -0.39 is 0 Å². The average molecular weight is 541 g/mol. The normalized spacial score (nSPS) is 17.8. The fourth-order valence-electron chi connectivity index (χ4n) is 5.63. The molecule has 0 unspecified atom stereocenters. The van der Waals surface area contributed by atoms with E-state index in [2.05, 4.69) is 26.1 Å². The van der Waals surface area contributed by atoms with Gasteiger partial charge in [-0.25, -0.2) is 4.98 Å². The number of amides is 1. The SMILES string of the molecule is O=C(Cn1nc2ccccc2n1)N1CCC(N2CCCCCCOc3ccccc3Oc3ncccc3C2)CC1. The maximum Gasteiger partial charge on any atom is 0.246 e. The van der Waals surface area contributed by atoms with Crippen molar-refractivity contribution in [3.63, 3.8) is 0 Å².